The summed E-state index contributed by atoms with van der Waals surface area (Å²) in [7, 11) is 0. The van der Waals surface area contributed by atoms with E-state index in [0.29, 0.717) is 23.2 Å². The third-order valence-electron chi connectivity index (χ3n) is 3.13. The zero-order valence-electron chi connectivity index (χ0n) is 9.68. The first-order valence-corrected chi connectivity index (χ1v) is 5.60. The molecule has 0 radical (unpaired) electrons. The van der Waals surface area contributed by atoms with Crippen LogP contribution in [0.4, 0.5) is 5.69 Å². The molecule has 4 heteroatoms. The molecule has 16 heavy (non-hydrogen) atoms. The molecule has 1 aromatic heterocycles. The third-order valence-corrected chi connectivity index (χ3v) is 3.13. The molecule has 2 unspecified atom stereocenters. The summed E-state index contributed by atoms with van der Waals surface area (Å²) in [6.45, 7) is 5.07. The predicted octanol–water partition coefficient (Wildman–Crippen LogP) is 1.53. The maximum absolute atomic E-state index is 12.2. The lowest BCUT2D eigenvalue weighted by Gasteiger charge is -2.22. The minimum atomic E-state index is 0.0248. The maximum Gasteiger partial charge on any atom is 0.256 e. The lowest BCUT2D eigenvalue weighted by molar-refractivity contribution is 0.0744. The van der Waals surface area contributed by atoms with Crippen molar-refractivity contribution < 1.29 is 4.79 Å². The molecule has 0 aliphatic carbocycles. The molecule has 1 saturated heterocycles. The molecule has 1 amide bonds. The first-order valence-electron chi connectivity index (χ1n) is 5.60. The van der Waals surface area contributed by atoms with Crippen LogP contribution in [0.15, 0.2) is 18.5 Å². The van der Waals surface area contributed by atoms with Crippen molar-refractivity contribution in [1.29, 1.82) is 0 Å². The van der Waals surface area contributed by atoms with Crippen LogP contribution in [0.25, 0.3) is 0 Å². The quantitative estimate of drug-likeness (QED) is 0.779. The molecular formula is C12H17N3O. The van der Waals surface area contributed by atoms with Gasteiger partial charge in [-0.3, -0.25) is 9.78 Å². The Morgan fingerprint density at radius 2 is 2.31 bits per heavy atom. The number of hydrogen-bond donors (Lipinski definition) is 1. The first kappa shape index (κ1) is 10.9. The highest BCUT2D eigenvalue weighted by Gasteiger charge is 2.31. The number of carbonyl (C=O) groups is 1. The number of nitrogens with two attached hydrogens (primary N) is 1. The summed E-state index contributed by atoms with van der Waals surface area (Å²) in [5, 5.41) is 0. The number of nitrogen functional groups attached to an aromatic ring is 1. The summed E-state index contributed by atoms with van der Waals surface area (Å²) < 4.78 is 0. The average molecular weight is 219 g/mol. The van der Waals surface area contributed by atoms with Gasteiger partial charge in [-0.15, -0.1) is 0 Å². The van der Waals surface area contributed by atoms with E-state index in [9.17, 15) is 4.79 Å². The van der Waals surface area contributed by atoms with Gasteiger partial charge in [0.25, 0.3) is 5.91 Å². The standard InChI is InChI=1S/C12H17N3O/c1-8-5-9(2)15(7-8)12(16)10-3-4-14-6-11(10)13/h3-4,6,8-9H,5,7,13H2,1-2H3. The molecular weight excluding hydrogens is 202 g/mol. The SMILES string of the molecule is CC1CC(C)N(C(=O)c2ccncc2N)C1. The van der Waals surface area contributed by atoms with Gasteiger partial charge in [-0.2, -0.15) is 0 Å². The van der Waals surface area contributed by atoms with Crippen molar-refractivity contribution in [1.82, 2.24) is 9.88 Å². The monoisotopic (exact) mass is 219 g/mol. The van der Waals surface area contributed by atoms with Gasteiger partial charge in [0.05, 0.1) is 17.4 Å². The molecule has 1 aliphatic rings. The number of anilines is 1. The molecule has 2 atom stereocenters. The van der Waals surface area contributed by atoms with E-state index >= 15 is 0 Å². The van der Waals surface area contributed by atoms with Gasteiger partial charge >= 0.3 is 0 Å². The van der Waals surface area contributed by atoms with E-state index in [0.717, 1.165) is 13.0 Å². The van der Waals surface area contributed by atoms with Crippen molar-refractivity contribution in [3.05, 3.63) is 24.0 Å². The van der Waals surface area contributed by atoms with Crippen LogP contribution in [0.3, 0.4) is 0 Å². The summed E-state index contributed by atoms with van der Waals surface area (Å²) in [5.41, 5.74) is 6.78. The Labute approximate surface area is 95.5 Å². The second-order valence-electron chi connectivity index (χ2n) is 4.61. The largest absolute Gasteiger partial charge is 0.397 e. The minimum absolute atomic E-state index is 0.0248. The zero-order valence-corrected chi connectivity index (χ0v) is 9.68. The molecule has 1 aromatic rings. The van der Waals surface area contributed by atoms with Crippen molar-refractivity contribution in [2.45, 2.75) is 26.3 Å². The molecule has 0 bridgehead atoms. The number of nitrogens with zero attached hydrogens (tertiary/aromatic N) is 2. The normalized spacial score (nSPS) is 24.8. The zero-order chi connectivity index (χ0) is 11.7. The summed E-state index contributed by atoms with van der Waals surface area (Å²) in [6, 6.07) is 1.99. The number of aromatic nitrogens is 1. The summed E-state index contributed by atoms with van der Waals surface area (Å²) >= 11 is 0. The predicted molar refractivity (Wildman–Crippen MR) is 62.9 cm³/mol. The lowest BCUT2D eigenvalue weighted by atomic mass is 10.1. The van der Waals surface area contributed by atoms with E-state index in [1.807, 2.05) is 4.90 Å². The highest BCUT2D eigenvalue weighted by Crippen LogP contribution is 2.25. The van der Waals surface area contributed by atoms with Crippen LogP contribution in [-0.4, -0.2) is 28.4 Å². The lowest BCUT2D eigenvalue weighted by Crippen LogP contribution is -2.34. The average Bonchev–Trinajstić information content (AvgIpc) is 2.58. The van der Waals surface area contributed by atoms with Gasteiger partial charge in [-0.05, 0) is 25.3 Å². The Bertz CT molecular complexity index is 405. The van der Waals surface area contributed by atoms with Crippen molar-refractivity contribution in [3.63, 3.8) is 0 Å². The molecule has 0 aromatic carbocycles. The van der Waals surface area contributed by atoms with Crippen LogP contribution in [0.5, 0.6) is 0 Å². The van der Waals surface area contributed by atoms with Gasteiger partial charge in [-0.1, -0.05) is 6.92 Å². The number of amides is 1. The summed E-state index contributed by atoms with van der Waals surface area (Å²) in [4.78, 5) is 18.0. The van der Waals surface area contributed by atoms with Gasteiger partial charge < -0.3 is 10.6 Å². The Morgan fingerprint density at radius 3 is 2.88 bits per heavy atom. The van der Waals surface area contributed by atoms with Crippen molar-refractivity contribution in [2.75, 3.05) is 12.3 Å². The molecule has 0 saturated carbocycles. The molecule has 0 spiro atoms. The van der Waals surface area contributed by atoms with E-state index in [2.05, 4.69) is 18.8 Å². The second-order valence-corrected chi connectivity index (χ2v) is 4.61. The van der Waals surface area contributed by atoms with Crippen LogP contribution >= 0.6 is 0 Å². The van der Waals surface area contributed by atoms with Gasteiger partial charge in [0, 0.05) is 18.8 Å². The van der Waals surface area contributed by atoms with Gasteiger partial charge in [-0.25, -0.2) is 0 Å². The van der Waals surface area contributed by atoms with Gasteiger partial charge in [0.2, 0.25) is 0 Å². The van der Waals surface area contributed by atoms with Crippen LogP contribution in [0, 0.1) is 5.92 Å². The number of likely N-dealkylation sites (tertiary alicyclic amines) is 1. The number of carbonyl (C=O) groups excluding carboxylic acids is 1. The van der Waals surface area contributed by atoms with Crippen LogP contribution in [0.2, 0.25) is 0 Å². The molecule has 2 heterocycles. The highest BCUT2D eigenvalue weighted by molar-refractivity contribution is 5.99. The van der Waals surface area contributed by atoms with E-state index < -0.39 is 0 Å². The van der Waals surface area contributed by atoms with E-state index in [1.54, 1.807) is 12.3 Å². The first-order chi connectivity index (χ1) is 7.59. The van der Waals surface area contributed by atoms with Crippen molar-refractivity contribution >= 4 is 11.6 Å². The highest BCUT2D eigenvalue weighted by atomic mass is 16.2. The van der Waals surface area contributed by atoms with Crippen LogP contribution < -0.4 is 5.73 Å². The Morgan fingerprint density at radius 1 is 1.56 bits per heavy atom. The number of hydrogen-bond acceptors (Lipinski definition) is 3. The molecule has 1 aliphatic heterocycles. The van der Waals surface area contributed by atoms with Gasteiger partial charge in [0.1, 0.15) is 0 Å². The maximum atomic E-state index is 12.2. The molecule has 2 rings (SSSR count). The molecule has 2 N–H and O–H groups in total. The van der Waals surface area contributed by atoms with Crippen molar-refractivity contribution in [2.24, 2.45) is 5.92 Å². The van der Waals surface area contributed by atoms with E-state index in [-0.39, 0.29) is 5.91 Å². The van der Waals surface area contributed by atoms with Crippen LogP contribution in [-0.2, 0) is 0 Å². The van der Waals surface area contributed by atoms with Crippen LogP contribution in [0.1, 0.15) is 30.6 Å². The Kier molecular flexibility index (Phi) is 2.81. The summed E-state index contributed by atoms with van der Waals surface area (Å²) in [5.74, 6) is 0.596. The second kappa shape index (κ2) is 4.12. The Hall–Kier alpha value is -1.58. The number of pyridine rings is 1. The molecule has 86 valence electrons. The third kappa shape index (κ3) is 1.87. The van der Waals surface area contributed by atoms with E-state index in [1.165, 1.54) is 6.20 Å². The molecule has 1 fully saturated rings. The fourth-order valence-electron chi connectivity index (χ4n) is 2.34. The van der Waals surface area contributed by atoms with Gasteiger partial charge in [0.15, 0.2) is 0 Å². The van der Waals surface area contributed by atoms with E-state index in [4.69, 9.17) is 5.73 Å². The summed E-state index contributed by atoms with van der Waals surface area (Å²) in [6.07, 6.45) is 4.20. The van der Waals surface area contributed by atoms with Crippen molar-refractivity contribution in [3.8, 4) is 0 Å². The Balaban J connectivity index is 2.23. The topological polar surface area (TPSA) is 59.2 Å². The minimum Gasteiger partial charge on any atom is -0.397 e. The smallest absolute Gasteiger partial charge is 0.256 e. The fraction of sp³-hybridized carbons (Fsp3) is 0.500. The number of rotatable bonds is 1. The molecule has 4 nitrogen and oxygen atoms in total. The fourth-order valence-corrected chi connectivity index (χ4v) is 2.34.